The molecule has 120 valence electrons. The van der Waals surface area contributed by atoms with Crippen molar-refractivity contribution >= 4 is 10.0 Å². The summed E-state index contributed by atoms with van der Waals surface area (Å²) in [5.74, 6) is 0.915. The average Bonchev–Trinajstić information content (AvgIpc) is 2.36. The maximum Gasteiger partial charge on any atom is 0.240 e. The molecule has 1 aromatic rings. The lowest BCUT2D eigenvalue weighted by molar-refractivity contribution is 0.0437. The lowest BCUT2D eigenvalue weighted by Crippen LogP contribution is -2.41. The van der Waals surface area contributed by atoms with Crippen molar-refractivity contribution in [1.29, 1.82) is 0 Å². The first-order valence-corrected chi connectivity index (χ1v) is 8.59. The molecule has 0 aliphatic rings. The molecule has 0 saturated heterocycles. The molecule has 0 aliphatic heterocycles. The third-order valence-electron chi connectivity index (χ3n) is 2.94. The highest BCUT2D eigenvalue weighted by Gasteiger charge is 2.25. The lowest BCUT2D eigenvalue weighted by atomic mass is 9.95. The Bertz CT molecular complexity index is 535. The summed E-state index contributed by atoms with van der Waals surface area (Å²) in [6.45, 7) is 7.98. The maximum atomic E-state index is 12.2. The van der Waals surface area contributed by atoms with E-state index in [2.05, 4.69) is 4.72 Å². The molecule has 0 radical (unpaired) electrons. The van der Waals surface area contributed by atoms with Crippen LogP contribution in [0, 0.1) is 5.92 Å². The Labute approximate surface area is 127 Å². The van der Waals surface area contributed by atoms with Crippen molar-refractivity contribution in [3.8, 4) is 5.75 Å². The Kier molecular flexibility index (Phi) is 6.19. The molecule has 5 nitrogen and oxygen atoms in total. The first-order chi connectivity index (χ1) is 9.66. The van der Waals surface area contributed by atoms with Gasteiger partial charge in [-0.15, -0.1) is 0 Å². The van der Waals surface area contributed by atoms with E-state index in [9.17, 15) is 13.5 Å². The molecule has 6 heteroatoms. The number of ether oxygens (including phenoxy) is 1. The van der Waals surface area contributed by atoms with Crippen LogP contribution in [0.3, 0.4) is 0 Å². The smallest absolute Gasteiger partial charge is 0.240 e. The zero-order chi connectivity index (χ0) is 16.1. The Morgan fingerprint density at radius 3 is 2.33 bits per heavy atom. The number of hydrogen-bond donors (Lipinski definition) is 2. The van der Waals surface area contributed by atoms with E-state index in [4.69, 9.17) is 4.74 Å². The van der Waals surface area contributed by atoms with Crippen molar-refractivity contribution in [1.82, 2.24) is 4.72 Å². The van der Waals surface area contributed by atoms with Crippen molar-refractivity contribution in [2.75, 3.05) is 13.2 Å². The molecule has 0 aromatic heterocycles. The van der Waals surface area contributed by atoms with Gasteiger partial charge in [0.05, 0.1) is 17.1 Å². The van der Waals surface area contributed by atoms with Crippen LogP contribution in [0.25, 0.3) is 0 Å². The van der Waals surface area contributed by atoms with Crippen LogP contribution < -0.4 is 9.46 Å². The monoisotopic (exact) mass is 315 g/mol. The first kappa shape index (κ1) is 17.9. The molecule has 0 amide bonds. The van der Waals surface area contributed by atoms with Crippen LogP contribution in [-0.2, 0) is 10.0 Å². The molecule has 0 saturated carbocycles. The van der Waals surface area contributed by atoms with Crippen LogP contribution in [0.4, 0.5) is 0 Å². The van der Waals surface area contributed by atoms with Gasteiger partial charge in [-0.1, -0.05) is 13.8 Å². The minimum Gasteiger partial charge on any atom is -0.494 e. The van der Waals surface area contributed by atoms with Gasteiger partial charge in [0.25, 0.3) is 0 Å². The maximum absolute atomic E-state index is 12.2. The molecule has 1 aromatic carbocycles. The summed E-state index contributed by atoms with van der Waals surface area (Å²) < 4.78 is 32.1. The van der Waals surface area contributed by atoms with Gasteiger partial charge in [0, 0.05) is 6.54 Å². The molecule has 1 atom stereocenters. The van der Waals surface area contributed by atoms with Crippen molar-refractivity contribution < 1.29 is 18.3 Å². The van der Waals surface area contributed by atoms with Gasteiger partial charge in [0.2, 0.25) is 10.0 Å². The summed E-state index contributed by atoms with van der Waals surface area (Å²) >= 11 is 0. The molecule has 1 unspecified atom stereocenters. The molecule has 0 heterocycles. The Morgan fingerprint density at radius 2 is 1.86 bits per heavy atom. The standard InChI is InChI=1S/C15H25NO4S/c1-5-20-13-6-8-14(9-7-13)21(18,19)16-11-15(4,17)10-12(2)3/h6-9,12,16-17H,5,10-11H2,1-4H3. The van der Waals surface area contributed by atoms with E-state index in [-0.39, 0.29) is 17.4 Å². The number of benzene rings is 1. The summed E-state index contributed by atoms with van der Waals surface area (Å²) in [5, 5.41) is 10.2. The molecule has 0 aliphatic carbocycles. The van der Waals surface area contributed by atoms with Crippen molar-refractivity contribution in [3.63, 3.8) is 0 Å². The molecule has 1 rings (SSSR count). The summed E-state index contributed by atoms with van der Waals surface area (Å²) in [5.41, 5.74) is -1.06. The number of rotatable bonds is 8. The Balaban J connectivity index is 2.73. The van der Waals surface area contributed by atoms with Gasteiger partial charge in [0.1, 0.15) is 5.75 Å². The van der Waals surface area contributed by atoms with Gasteiger partial charge >= 0.3 is 0 Å². The quantitative estimate of drug-likeness (QED) is 0.771. The van der Waals surface area contributed by atoms with E-state index in [1.54, 1.807) is 19.1 Å². The van der Waals surface area contributed by atoms with Crippen LogP contribution >= 0.6 is 0 Å². The van der Waals surface area contributed by atoms with Crippen LogP contribution in [0.5, 0.6) is 5.75 Å². The van der Waals surface area contributed by atoms with Gasteiger partial charge in [-0.05, 0) is 50.5 Å². The van der Waals surface area contributed by atoms with E-state index < -0.39 is 15.6 Å². The van der Waals surface area contributed by atoms with Crippen LogP contribution in [0.15, 0.2) is 29.2 Å². The number of hydrogen-bond acceptors (Lipinski definition) is 4. The minimum absolute atomic E-state index is 0.0132. The Morgan fingerprint density at radius 1 is 1.29 bits per heavy atom. The summed E-state index contributed by atoms with van der Waals surface area (Å²) in [7, 11) is -3.63. The SMILES string of the molecule is CCOc1ccc(S(=O)(=O)NCC(C)(O)CC(C)C)cc1. The summed E-state index contributed by atoms with van der Waals surface area (Å²) in [6, 6.07) is 6.21. The fraction of sp³-hybridized carbons (Fsp3) is 0.600. The van der Waals surface area contributed by atoms with E-state index in [0.29, 0.717) is 18.8 Å². The zero-order valence-electron chi connectivity index (χ0n) is 13.1. The van der Waals surface area contributed by atoms with E-state index in [1.165, 1.54) is 12.1 Å². The molecule has 2 N–H and O–H groups in total. The van der Waals surface area contributed by atoms with E-state index in [1.807, 2.05) is 20.8 Å². The second kappa shape index (κ2) is 7.24. The van der Waals surface area contributed by atoms with E-state index >= 15 is 0 Å². The highest BCUT2D eigenvalue weighted by Crippen LogP contribution is 2.18. The second-order valence-electron chi connectivity index (χ2n) is 5.82. The summed E-state index contributed by atoms with van der Waals surface area (Å²) in [6.07, 6.45) is 0.527. The van der Waals surface area contributed by atoms with Gasteiger partial charge in [0.15, 0.2) is 0 Å². The third-order valence-corrected chi connectivity index (χ3v) is 4.35. The van der Waals surface area contributed by atoms with Gasteiger partial charge in [-0.2, -0.15) is 0 Å². The summed E-state index contributed by atoms with van der Waals surface area (Å²) in [4.78, 5) is 0.159. The van der Waals surface area contributed by atoms with Crippen LogP contribution in [-0.4, -0.2) is 32.3 Å². The molecule has 0 bridgehead atoms. The normalized spacial score (nSPS) is 15.0. The number of sulfonamides is 1. The number of aliphatic hydroxyl groups is 1. The van der Waals surface area contributed by atoms with Crippen molar-refractivity contribution in [2.24, 2.45) is 5.92 Å². The first-order valence-electron chi connectivity index (χ1n) is 7.11. The molecule has 0 spiro atoms. The second-order valence-corrected chi connectivity index (χ2v) is 7.59. The van der Waals surface area contributed by atoms with E-state index in [0.717, 1.165) is 0 Å². The molecule has 0 fully saturated rings. The Hall–Kier alpha value is -1.11. The van der Waals surface area contributed by atoms with Crippen LogP contribution in [0.1, 0.15) is 34.1 Å². The fourth-order valence-corrected chi connectivity index (χ4v) is 3.33. The zero-order valence-corrected chi connectivity index (χ0v) is 13.9. The topological polar surface area (TPSA) is 75.6 Å². The average molecular weight is 315 g/mol. The minimum atomic E-state index is -3.63. The molecular weight excluding hydrogens is 290 g/mol. The largest absolute Gasteiger partial charge is 0.494 e. The van der Waals surface area contributed by atoms with Gasteiger partial charge in [-0.25, -0.2) is 13.1 Å². The third kappa shape index (κ3) is 6.03. The fourth-order valence-electron chi connectivity index (χ4n) is 2.17. The molecular formula is C15H25NO4S. The predicted molar refractivity (Wildman–Crippen MR) is 82.9 cm³/mol. The lowest BCUT2D eigenvalue weighted by Gasteiger charge is -2.25. The van der Waals surface area contributed by atoms with Crippen molar-refractivity contribution in [3.05, 3.63) is 24.3 Å². The predicted octanol–water partition coefficient (Wildman–Crippen LogP) is 2.16. The molecule has 21 heavy (non-hydrogen) atoms. The van der Waals surface area contributed by atoms with Gasteiger partial charge in [-0.3, -0.25) is 0 Å². The highest BCUT2D eigenvalue weighted by molar-refractivity contribution is 7.89. The number of nitrogens with one attached hydrogen (secondary N) is 1. The highest BCUT2D eigenvalue weighted by atomic mass is 32.2. The van der Waals surface area contributed by atoms with Gasteiger partial charge < -0.3 is 9.84 Å². The van der Waals surface area contributed by atoms with Crippen molar-refractivity contribution in [2.45, 2.75) is 44.6 Å². The van der Waals surface area contributed by atoms with Crippen LogP contribution in [0.2, 0.25) is 0 Å².